The minimum Gasteiger partial charge on any atom is -0.456 e. The van der Waals surface area contributed by atoms with Gasteiger partial charge in [-0.2, -0.15) is 25.3 Å². The van der Waals surface area contributed by atoms with Crippen LogP contribution in [0.5, 0.6) is 0 Å². The second kappa shape index (κ2) is 21.1. The van der Waals surface area contributed by atoms with Crippen molar-refractivity contribution in [2.75, 3.05) is 63.3 Å². The molecule has 0 aromatic heterocycles. The minimum absolute atomic E-state index is 0.0708. The third kappa shape index (κ3) is 12.6. The molecule has 0 radical (unpaired) electrons. The Morgan fingerprint density at radius 2 is 1.70 bits per heavy atom. The van der Waals surface area contributed by atoms with Crippen LogP contribution in [-0.2, 0) is 63.9 Å². The van der Waals surface area contributed by atoms with Crippen LogP contribution in [0.1, 0.15) is 97.0 Å². The maximum absolute atomic E-state index is 13.1. The van der Waals surface area contributed by atoms with Crippen molar-refractivity contribution < 1.29 is 57.0 Å². The molecule has 1 aromatic rings. The zero-order valence-electron chi connectivity index (χ0n) is 39.0. The smallest absolute Gasteiger partial charge is 0.296 e. The SMILES string of the molecule is CC[N+](CCCS(=O)(=O)O)=c1ccc2c(C(C)(C)C)cc(/C=C/C=C3\N(CCCS(=O)(=O)OC)c4ccc(S(=O)(=O)OC)cc4C3(C)CCCC(=O)NCCN3C(=O)CC(C)C3=O)oc-2c1. The van der Waals surface area contributed by atoms with Gasteiger partial charge in [-0.05, 0) is 92.1 Å². The van der Waals surface area contributed by atoms with Crippen LogP contribution in [0.25, 0.3) is 17.4 Å². The van der Waals surface area contributed by atoms with E-state index in [0.717, 1.165) is 35.6 Å². The predicted molar refractivity (Wildman–Crippen MR) is 251 cm³/mol. The molecule has 1 saturated heterocycles. The molecule has 4 aliphatic rings. The van der Waals surface area contributed by atoms with Crippen LogP contribution in [0, 0.1) is 5.92 Å². The molecule has 5 rings (SSSR count). The Kier molecular flexibility index (Phi) is 16.7. The van der Waals surface area contributed by atoms with Gasteiger partial charge in [0.15, 0.2) is 0 Å². The number of benzene rings is 2. The van der Waals surface area contributed by atoms with E-state index >= 15 is 0 Å². The van der Waals surface area contributed by atoms with E-state index in [9.17, 15) is 44.2 Å². The normalized spacial score (nSPS) is 19.4. The number of carbonyl (C=O) groups is 3. The number of hydrogen-bond donors (Lipinski definition) is 2. The lowest BCUT2D eigenvalue weighted by molar-refractivity contribution is -0.139. The lowest BCUT2D eigenvalue weighted by Gasteiger charge is -2.30. The fraction of sp³-hybridized carbons (Fsp3) is 0.522. The Morgan fingerprint density at radius 1 is 0.970 bits per heavy atom. The molecule has 1 fully saturated rings. The number of likely N-dealkylation sites (tertiary alicyclic amines) is 1. The summed E-state index contributed by atoms with van der Waals surface area (Å²) in [5, 5.41) is 3.62. The highest BCUT2D eigenvalue weighted by Crippen LogP contribution is 2.51. The van der Waals surface area contributed by atoms with Crippen molar-refractivity contribution in [3.05, 3.63) is 82.6 Å². The lowest BCUT2D eigenvalue weighted by atomic mass is 9.77. The maximum Gasteiger partial charge on any atom is 0.296 e. The number of allylic oxidation sites excluding steroid dienone is 3. The van der Waals surface area contributed by atoms with Gasteiger partial charge in [0, 0.05) is 73.2 Å². The molecule has 2 N–H and O–H groups in total. The van der Waals surface area contributed by atoms with Gasteiger partial charge in [-0.15, -0.1) is 0 Å². The second-order valence-electron chi connectivity index (χ2n) is 17.9. The van der Waals surface area contributed by atoms with E-state index in [-0.39, 0.29) is 84.9 Å². The van der Waals surface area contributed by atoms with Gasteiger partial charge in [0.1, 0.15) is 24.6 Å². The number of rotatable bonds is 21. The van der Waals surface area contributed by atoms with Crippen molar-refractivity contribution in [2.24, 2.45) is 5.92 Å². The molecule has 66 heavy (non-hydrogen) atoms. The van der Waals surface area contributed by atoms with Crippen LogP contribution in [0.4, 0.5) is 5.69 Å². The molecule has 2 atom stereocenters. The molecule has 17 nitrogen and oxygen atoms in total. The highest BCUT2D eigenvalue weighted by atomic mass is 32.2. The molecular weight excluding hydrogens is 913 g/mol. The number of imide groups is 1. The Morgan fingerprint density at radius 3 is 2.32 bits per heavy atom. The van der Waals surface area contributed by atoms with Crippen molar-refractivity contribution in [2.45, 2.75) is 95.8 Å². The Labute approximate surface area is 388 Å². The summed E-state index contributed by atoms with van der Waals surface area (Å²) in [6.07, 6.45) is 6.81. The third-order valence-electron chi connectivity index (χ3n) is 12.1. The zero-order valence-corrected chi connectivity index (χ0v) is 41.4. The van der Waals surface area contributed by atoms with Crippen molar-refractivity contribution in [1.82, 2.24) is 14.8 Å². The predicted octanol–water partition coefficient (Wildman–Crippen LogP) is 4.81. The van der Waals surface area contributed by atoms with Crippen LogP contribution in [-0.4, -0.2) is 111 Å². The number of amides is 3. The molecule has 0 bridgehead atoms. The number of nitrogens with one attached hydrogen (secondary N) is 1. The molecule has 1 aliphatic carbocycles. The molecule has 1 aromatic carbocycles. The van der Waals surface area contributed by atoms with Gasteiger partial charge in [-0.1, -0.05) is 33.8 Å². The summed E-state index contributed by atoms with van der Waals surface area (Å²) in [6.45, 7) is 13.2. The van der Waals surface area contributed by atoms with Gasteiger partial charge < -0.3 is 14.6 Å². The average Bonchev–Trinajstić information content (AvgIpc) is 3.63. The molecule has 20 heteroatoms. The van der Waals surface area contributed by atoms with E-state index in [1.165, 1.54) is 6.07 Å². The summed E-state index contributed by atoms with van der Waals surface area (Å²) < 4.78 is 101. The third-order valence-corrected chi connectivity index (χ3v) is 15.5. The van der Waals surface area contributed by atoms with Crippen molar-refractivity contribution >= 4 is 59.8 Å². The van der Waals surface area contributed by atoms with Gasteiger partial charge in [-0.25, -0.2) is 4.58 Å². The molecule has 0 spiro atoms. The molecule has 3 aliphatic heterocycles. The Balaban J connectivity index is 1.55. The summed E-state index contributed by atoms with van der Waals surface area (Å²) in [4.78, 5) is 40.8. The van der Waals surface area contributed by atoms with Crippen LogP contribution >= 0.6 is 0 Å². The average molecular weight is 976 g/mol. The largest absolute Gasteiger partial charge is 0.456 e. The first kappa shape index (κ1) is 52.2. The summed E-state index contributed by atoms with van der Waals surface area (Å²) in [5.41, 5.74) is 2.66. The van der Waals surface area contributed by atoms with Gasteiger partial charge in [-0.3, -0.25) is 32.2 Å². The fourth-order valence-corrected chi connectivity index (χ4v) is 10.4. The van der Waals surface area contributed by atoms with Crippen molar-refractivity contribution in [1.29, 1.82) is 0 Å². The second-order valence-corrected chi connectivity index (χ2v) is 23.0. The highest BCUT2D eigenvalue weighted by molar-refractivity contribution is 7.87. The monoisotopic (exact) mass is 975 g/mol. The number of fused-ring (bicyclic) bond motifs is 2. The summed E-state index contributed by atoms with van der Waals surface area (Å²) >= 11 is 0. The standard InChI is InChI=1S/C46H62N4O13S3/c1-9-48(23-12-26-64(54,55)56)33-17-19-36-37(45(3,4)5)30-34(63-40(36)29-33)14-10-15-41-46(6,21-11-16-42(51)47-22-25-50-43(52)28-32(2)44(50)53)38-31-35(66(59,60)62-8)18-20-39(38)49(41)24-13-27-65(57,58)61-7/h10,14-15,17-20,29-32H,9,11-13,16,21-28H2,1-8H3,(H-,47,51,54,55,56)/p+1. The minimum atomic E-state index is -4.13. The number of carbonyl (C=O) groups excluding carboxylic acids is 3. The molecule has 2 unspecified atom stereocenters. The lowest BCUT2D eigenvalue weighted by Crippen LogP contribution is -2.38. The van der Waals surface area contributed by atoms with Crippen LogP contribution in [0.2, 0.25) is 0 Å². The number of nitrogens with zero attached hydrogens (tertiary/aromatic N) is 3. The van der Waals surface area contributed by atoms with Crippen LogP contribution in [0.3, 0.4) is 0 Å². The molecule has 0 saturated carbocycles. The molecule has 362 valence electrons. The topological polar surface area (TPSA) is 227 Å². The maximum atomic E-state index is 13.1. The molecule has 3 heterocycles. The first-order chi connectivity index (χ1) is 30.8. The summed E-state index contributed by atoms with van der Waals surface area (Å²) in [7, 11) is -9.87. The van der Waals surface area contributed by atoms with Gasteiger partial charge in [0.25, 0.3) is 30.4 Å². The summed E-state index contributed by atoms with van der Waals surface area (Å²) in [5.74, 6) is -0.736. The summed E-state index contributed by atoms with van der Waals surface area (Å²) in [6, 6.07) is 12.5. The first-order valence-corrected chi connectivity index (χ1v) is 26.6. The van der Waals surface area contributed by atoms with E-state index in [2.05, 4.69) is 26.1 Å². The van der Waals surface area contributed by atoms with Gasteiger partial charge in [0.05, 0.1) is 36.7 Å². The van der Waals surface area contributed by atoms with Gasteiger partial charge >= 0.3 is 0 Å². The van der Waals surface area contributed by atoms with E-state index in [1.807, 2.05) is 59.7 Å². The van der Waals surface area contributed by atoms with E-state index in [1.54, 1.807) is 25.1 Å². The first-order valence-electron chi connectivity index (χ1n) is 22.0. The van der Waals surface area contributed by atoms with E-state index in [4.69, 9.17) is 12.8 Å². The Bertz CT molecular complexity index is 2760. The Hall–Kier alpha value is -4.73. The van der Waals surface area contributed by atoms with E-state index in [0.29, 0.717) is 54.4 Å². The zero-order chi connectivity index (χ0) is 48.8. The van der Waals surface area contributed by atoms with Gasteiger partial charge in [0.2, 0.25) is 23.1 Å². The molecular formula is C46H63N4O13S3+. The van der Waals surface area contributed by atoms with Crippen LogP contribution < -0.4 is 20.1 Å². The van der Waals surface area contributed by atoms with E-state index < -0.39 is 41.7 Å². The molecule has 3 amide bonds. The quantitative estimate of drug-likeness (QED) is 0.0633. The van der Waals surface area contributed by atoms with Crippen LogP contribution in [0.15, 0.2) is 69.6 Å². The van der Waals surface area contributed by atoms with Crippen molar-refractivity contribution in [3.8, 4) is 11.3 Å². The van der Waals surface area contributed by atoms with Crippen molar-refractivity contribution in [3.63, 3.8) is 0 Å². The number of anilines is 1. The fourth-order valence-electron chi connectivity index (χ4n) is 8.59. The number of hydrogen-bond acceptors (Lipinski definition) is 13. The highest BCUT2D eigenvalue weighted by Gasteiger charge is 2.44.